The van der Waals surface area contributed by atoms with Gasteiger partial charge in [0.25, 0.3) is 0 Å². The molecular weight excluding hydrogens is 488 g/mol. The Kier molecular flexibility index (Phi) is 13.9. The first-order valence-electron chi connectivity index (χ1n) is 11.7. The van der Waals surface area contributed by atoms with E-state index in [1.165, 1.54) is 0 Å². The molecule has 0 fully saturated rings. The summed E-state index contributed by atoms with van der Waals surface area (Å²) in [5.74, 6) is 0.576. The van der Waals surface area contributed by atoms with Crippen LogP contribution in [0, 0.1) is 5.92 Å². The summed E-state index contributed by atoms with van der Waals surface area (Å²) in [4.78, 5) is 12.6. The Morgan fingerprint density at radius 3 is 2.37 bits per heavy atom. The van der Waals surface area contributed by atoms with Crippen molar-refractivity contribution in [2.75, 3.05) is 25.2 Å². The number of rotatable bonds is 15. The number of carbonyl (C=O) groups excluding carboxylic acids is 1. The second-order valence-corrected chi connectivity index (χ2v) is 11.3. The van der Waals surface area contributed by atoms with Crippen molar-refractivity contribution < 1.29 is 23.1 Å². The second kappa shape index (κ2) is 15.8. The fourth-order valence-electron chi connectivity index (χ4n) is 3.48. The highest BCUT2D eigenvalue weighted by molar-refractivity contribution is 7.91. The number of hydrogen-bond acceptors (Lipinski definition) is 6. The molecule has 9 heteroatoms. The van der Waals surface area contributed by atoms with Crippen molar-refractivity contribution in [3.8, 4) is 5.75 Å². The molecule has 0 aliphatic carbocycles. The lowest BCUT2D eigenvalue weighted by Crippen LogP contribution is -2.49. The van der Waals surface area contributed by atoms with E-state index >= 15 is 0 Å². The van der Waals surface area contributed by atoms with Gasteiger partial charge in [0.05, 0.1) is 30.8 Å². The first kappa shape index (κ1) is 30.9. The summed E-state index contributed by atoms with van der Waals surface area (Å²) < 4.78 is 29.7. The van der Waals surface area contributed by atoms with Gasteiger partial charge in [-0.2, -0.15) is 0 Å². The van der Waals surface area contributed by atoms with Crippen molar-refractivity contribution in [2.24, 2.45) is 5.92 Å². The van der Waals surface area contributed by atoms with Crippen molar-refractivity contribution in [1.29, 1.82) is 0 Å². The Bertz CT molecular complexity index is 986. The van der Waals surface area contributed by atoms with Gasteiger partial charge in [0.15, 0.2) is 9.84 Å². The van der Waals surface area contributed by atoms with Crippen LogP contribution in [0.15, 0.2) is 54.6 Å². The highest BCUT2D eigenvalue weighted by atomic mass is 35.5. The van der Waals surface area contributed by atoms with Crippen LogP contribution in [-0.4, -0.2) is 56.7 Å². The van der Waals surface area contributed by atoms with Crippen molar-refractivity contribution in [1.82, 2.24) is 10.6 Å². The Hall–Kier alpha value is -2.13. The minimum absolute atomic E-state index is 0. The third-order valence-corrected chi connectivity index (χ3v) is 7.26. The lowest BCUT2D eigenvalue weighted by Gasteiger charge is -2.25. The zero-order valence-electron chi connectivity index (χ0n) is 20.8. The summed E-state index contributed by atoms with van der Waals surface area (Å²) in [6.07, 6.45) is 0.0510. The lowest BCUT2D eigenvalue weighted by atomic mass is 10.0. The van der Waals surface area contributed by atoms with Crippen LogP contribution in [0.1, 0.15) is 37.8 Å². The summed E-state index contributed by atoms with van der Waals surface area (Å²) in [6.45, 7) is 4.75. The standard InChI is InChI=1S/C26H38N2O5S.ClH/c1-20(2)12-14-34(31,32)15-13-26(30)28-24(17-21-8-5-4-6-9-21)25(29)19-27-18-22-10-7-11-23(16-22)33-3;/h4-11,16,20,24-25,27,29H,12-15,17-19H2,1-3H3,(H,28,30);1H/t24-,25+;/m0./s1. The number of hydrogen-bond donors (Lipinski definition) is 3. The van der Waals surface area contributed by atoms with Gasteiger partial charge in [-0.3, -0.25) is 4.79 Å². The van der Waals surface area contributed by atoms with E-state index in [1.54, 1.807) is 7.11 Å². The molecule has 3 N–H and O–H groups in total. The minimum Gasteiger partial charge on any atom is -0.497 e. The quantitative estimate of drug-likeness (QED) is 0.329. The number of amides is 1. The van der Waals surface area contributed by atoms with E-state index in [4.69, 9.17) is 4.74 Å². The van der Waals surface area contributed by atoms with Gasteiger partial charge < -0.3 is 20.5 Å². The van der Waals surface area contributed by atoms with E-state index in [1.807, 2.05) is 68.4 Å². The minimum atomic E-state index is -3.28. The third kappa shape index (κ3) is 12.4. The van der Waals surface area contributed by atoms with Crippen LogP contribution in [0.3, 0.4) is 0 Å². The maximum atomic E-state index is 12.6. The highest BCUT2D eigenvalue weighted by Crippen LogP contribution is 2.13. The first-order valence-corrected chi connectivity index (χ1v) is 13.6. The van der Waals surface area contributed by atoms with Gasteiger partial charge in [-0.1, -0.05) is 56.3 Å². The number of sulfone groups is 1. The van der Waals surface area contributed by atoms with E-state index in [-0.39, 0.29) is 42.8 Å². The predicted molar refractivity (Wildman–Crippen MR) is 143 cm³/mol. The average Bonchev–Trinajstić information content (AvgIpc) is 2.82. The Morgan fingerprint density at radius 2 is 1.71 bits per heavy atom. The molecule has 0 aliphatic rings. The van der Waals surface area contributed by atoms with Crippen LogP contribution in [-0.2, 0) is 27.6 Å². The average molecular weight is 527 g/mol. The molecule has 0 heterocycles. The van der Waals surface area contributed by atoms with Crippen molar-refractivity contribution in [3.63, 3.8) is 0 Å². The van der Waals surface area contributed by atoms with Gasteiger partial charge in [-0.25, -0.2) is 8.42 Å². The molecule has 0 aliphatic heterocycles. The molecule has 2 atom stereocenters. The van der Waals surface area contributed by atoms with E-state index in [0.717, 1.165) is 16.9 Å². The number of ether oxygens (including phenoxy) is 1. The number of halogens is 1. The topological polar surface area (TPSA) is 105 Å². The fraction of sp³-hybridized carbons (Fsp3) is 0.500. The predicted octanol–water partition coefficient (Wildman–Crippen LogP) is 3.15. The van der Waals surface area contributed by atoms with E-state index in [9.17, 15) is 18.3 Å². The summed E-state index contributed by atoms with van der Waals surface area (Å²) in [5, 5.41) is 16.9. The van der Waals surface area contributed by atoms with Crippen LogP contribution in [0.5, 0.6) is 5.75 Å². The molecule has 0 spiro atoms. The largest absolute Gasteiger partial charge is 0.497 e. The molecule has 0 bridgehead atoms. The SMILES string of the molecule is COc1cccc(CNC[C@@H](O)[C@H](Cc2ccccc2)NC(=O)CCS(=O)(=O)CCC(C)C)c1.Cl. The molecule has 35 heavy (non-hydrogen) atoms. The summed E-state index contributed by atoms with van der Waals surface area (Å²) in [6, 6.07) is 16.7. The Balaban J connectivity index is 0.00000612. The molecular formula is C26H39ClN2O5S. The van der Waals surface area contributed by atoms with Gasteiger partial charge in [0.1, 0.15) is 5.75 Å². The highest BCUT2D eigenvalue weighted by Gasteiger charge is 2.23. The maximum Gasteiger partial charge on any atom is 0.221 e. The van der Waals surface area contributed by atoms with Crippen LogP contribution >= 0.6 is 12.4 Å². The molecule has 7 nitrogen and oxygen atoms in total. The monoisotopic (exact) mass is 526 g/mol. The number of aliphatic hydroxyl groups is 1. The smallest absolute Gasteiger partial charge is 0.221 e. The van der Waals surface area contributed by atoms with Crippen LogP contribution in [0.4, 0.5) is 0 Å². The molecule has 2 aromatic rings. The zero-order chi connectivity index (χ0) is 25.0. The summed E-state index contributed by atoms with van der Waals surface area (Å²) in [7, 11) is -1.67. The fourth-order valence-corrected chi connectivity index (χ4v) is 5.02. The molecule has 0 radical (unpaired) electrons. The first-order chi connectivity index (χ1) is 16.2. The lowest BCUT2D eigenvalue weighted by molar-refractivity contribution is -0.122. The second-order valence-electron chi connectivity index (χ2n) is 9.00. The number of benzene rings is 2. The van der Waals surface area contributed by atoms with Gasteiger partial charge in [-0.15, -0.1) is 12.4 Å². The zero-order valence-corrected chi connectivity index (χ0v) is 22.4. The molecule has 196 valence electrons. The molecule has 0 aromatic heterocycles. The molecule has 2 rings (SSSR count). The van der Waals surface area contributed by atoms with E-state index in [0.29, 0.717) is 25.3 Å². The van der Waals surface area contributed by atoms with E-state index < -0.39 is 22.0 Å². The van der Waals surface area contributed by atoms with Crippen LogP contribution < -0.4 is 15.4 Å². The van der Waals surface area contributed by atoms with Crippen LogP contribution in [0.25, 0.3) is 0 Å². The van der Waals surface area contributed by atoms with Gasteiger partial charge >= 0.3 is 0 Å². The molecule has 2 aromatic carbocycles. The van der Waals surface area contributed by atoms with Crippen molar-refractivity contribution in [3.05, 3.63) is 65.7 Å². The van der Waals surface area contributed by atoms with Gasteiger partial charge in [0.2, 0.25) is 5.91 Å². The Labute approximate surface area is 216 Å². The van der Waals surface area contributed by atoms with Crippen LogP contribution in [0.2, 0.25) is 0 Å². The third-order valence-electron chi connectivity index (χ3n) is 5.57. The van der Waals surface area contributed by atoms with E-state index in [2.05, 4.69) is 10.6 Å². The van der Waals surface area contributed by atoms with Gasteiger partial charge in [-0.05, 0) is 42.0 Å². The molecule has 1 amide bonds. The summed E-state index contributed by atoms with van der Waals surface area (Å²) >= 11 is 0. The number of methoxy groups -OCH3 is 1. The number of nitrogens with one attached hydrogen (secondary N) is 2. The number of aliphatic hydroxyl groups excluding tert-OH is 1. The van der Waals surface area contributed by atoms with Crippen molar-refractivity contribution in [2.45, 2.75) is 51.8 Å². The Morgan fingerprint density at radius 1 is 1.03 bits per heavy atom. The van der Waals surface area contributed by atoms with Crippen molar-refractivity contribution >= 4 is 28.2 Å². The normalized spacial score (nSPS) is 13.1. The molecule has 0 saturated heterocycles. The number of carbonyl (C=O) groups is 1. The summed E-state index contributed by atoms with van der Waals surface area (Å²) in [5.41, 5.74) is 1.99. The maximum absolute atomic E-state index is 12.6. The molecule has 0 saturated carbocycles. The van der Waals surface area contributed by atoms with Gasteiger partial charge in [0, 0.05) is 19.5 Å². The molecule has 0 unspecified atom stereocenters.